The first-order valence-corrected chi connectivity index (χ1v) is 14.3. The molecule has 38 heavy (non-hydrogen) atoms. The molecule has 0 heterocycles. The van der Waals surface area contributed by atoms with E-state index < -0.39 is 28.5 Å². The molecular weight excluding hydrogens is 569 g/mol. The molecule has 0 aromatic heterocycles. The predicted octanol–water partition coefficient (Wildman–Crippen LogP) is 5.78. The Morgan fingerprint density at radius 2 is 1.53 bits per heavy atom. The van der Waals surface area contributed by atoms with Crippen LogP contribution < -0.4 is 9.62 Å². The summed E-state index contributed by atoms with van der Waals surface area (Å²) in [7, 11) is -4.22. The average Bonchev–Trinajstić information content (AvgIpc) is 2.86. The SMILES string of the molecule is CC(C)NC(=O)[C@H](C)N(Cc1ccccc1Cl)C(=O)CN(c1cccc(Cl)c1)S(=O)(=O)c1ccc(Cl)cc1. The summed E-state index contributed by atoms with van der Waals surface area (Å²) >= 11 is 18.5. The third kappa shape index (κ3) is 7.41. The summed E-state index contributed by atoms with van der Waals surface area (Å²) in [4.78, 5) is 28.0. The van der Waals surface area contributed by atoms with E-state index in [1.165, 1.54) is 35.2 Å². The van der Waals surface area contributed by atoms with Crippen LogP contribution in [0.1, 0.15) is 26.3 Å². The van der Waals surface area contributed by atoms with Crippen molar-refractivity contribution in [3.63, 3.8) is 0 Å². The summed E-state index contributed by atoms with van der Waals surface area (Å²) in [5, 5.41) is 3.88. The minimum Gasteiger partial charge on any atom is -0.352 e. The smallest absolute Gasteiger partial charge is 0.264 e. The highest BCUT2D eigenvalue weighted by atomic mass is 35.5. The number of sulfonamides is 1. The molecule has 0 aliphatic heterocycles. The van der Waals surface area contributed by atoms with Gasteiger partial charge in [0.25, 0.3) is 10.0 Å². The van der Waals surface area contributed by atoms with E-state index >= 15 is 0 Å². The molecule has 0 aliphatic carbocycles. The highest BCUT2D eigenvalue weighted by molar-refractivity contribution is 7.92. The number of nitrogens with one attached hydrogen (secondary N) is 1. The number of halogens is 3. The Hall–Kier alpha value is -2.78. The van der Waals surface area contributed by atoms with Gasteiger partial charge < -0.3 is 10.2 Å². The van der Waals surface area contributed by atoms with Crippen LogP contribution in [0.2, 0.25) is 15.1 Å². The molecule has 0 fully saturated rings. The number of benzene rings is 3. The summed E-state index contributed by atoms with van der Waals surface area (Å²) in [6.07, 6.45) is 0. The maximum atomic E-state index is 13.8. The topological polar surface area (TPSA) is 86.8 Å². The summed E-state index contributed by atoms with van der Waals surface area (Å²) in [5.41, 5.74) is 0.805. The van der Waals surface area contributed by atoms with Gasteiger partial charge >= 0.3 is 0 Å². The van der Waals surface area contributed by atoms with E-state index in [2.05, 4.69) is 5.32 Å². The van der Waals surface area contributed by atoms with Gasteiger partial charge in [-0.1, -0.05) is 59.1 Å². The van der Waals surface area contributed by atoms with Crippen molar-refractivity contribution < 1.29 is 18.0 Å². The van der Waals surface area contributed by atoms with Gasteiger partial charge in [-0.15, -0.1) is 0 Å². The molecule has 1 atom stereocenters. The van der Waals surface area contributed by atoms with Crippen molar-refractivity contribution in [1.29, 1.82) is 0 Å². The Morgan fingerprint density at radius 1 is 0.868 bits per heavy atom. The molecule has 3 rings (SSSR count). The van der Waals surface area contributed by atoms with Crippen molar-refractivity contribution in [1.82, 2.24) is 10.2 Å². The van der Waals surface area contributed by atoms with Crippen molar-refractivity contribution in [2.45, 2.75) is 44.3 Å². The van der Waals surface area contributed by atoms with Gasteiger partial charge in [-0.25, -0.2) is 8.42 Å². The van der Waals surface area contributed by atoms with Crippen LogP contribution in [0.4, 0.5) is 5.69 Å². The Bertz CT molecular complexity index is 1400. The van der Waals surface area contributed by atoms with Gasteiger partial charge in [-0.05, 0) is 74.9 Å². The van der Waals surface area contributed by atoms with Gasteiger partial charge in [0.05, 0.1) is 10.6 Å². The number of hydrogen-bond donors (Lipinski definition) is 1. The van der Waals surface area contributed by atoms with E-state index in [0.29, 0.717) is 20.6 Å². The standard InChI is InChI=1S/C27H28Cl3N3O4S/c1-18(2)31-27(35)19(3)32(16-20-7-4-5-10-25(20)30)26(34)17-33(23-9-6-8-22(29)15-23)38(36,37)24-13-11-21(28)12-14-24/h4-15,18-19H,16-17H2,1-3H3,(H,31,35)/t19-/m0/s1. The summed E-state index contributed by atoms with van der Waals surface area (Å²) in [6, 6.07) is 17.7. The molecule has 0 bridgehead atoms. The fraction of sp³-hybridized carbons (Fsp3) is 0.259. The fourth-order valence-electron chi connectivity index (χ4n) is 3.69. The highest BCUT2D eigenvalue weighted by Crippen LogP contribution is 2.28. The zero-order chi connectivity index (χ0) is 28.0. The summed E-state index contributed by atoms with van der Waals surface area (Å²) < 4.78 is 28.5. The monoisotopic (exact) mass is 595 g/mol. The van der Waals surface area contributed by atoms with Crippen molar-refractivity contribution in [3.05, 3.63) is 93.4 Å². The summed E-state index contributed by atoms with van der Waals surface area (Å²) in [5.74, 6) is -0.982. The molecular formula is C27H28Cl3N3O4S. The minimum absolute atomic E-state index is 0.00440. The maximum absolute atomic E-state index is 13.8. The number of carbonyl (C=O) groups excluding carboxylic acids is 2. The van der Waals surface area contributed by atoms with E-state index in [1.54, 1.807) is 49.4 Å². The minimum atomic E-state index is -4.22. The number of nitrogens with zero attached hydrogens (tertiary/aromatic N) is 2. The molecule has 0 unspecified atom stereocenters. The van der Waals surface area contributed by atoms with Crippen LogP contribution in [0.25, 0.3) is 0 Å². The van der Waals surface area contributed by atoms with Gasteiger partial charge in [0.1, 0.15) is 12.6 Å². The third-order valence-corrected chi connectivity index (χ3v) is 8.32. The molecule has 202 valence electrons. The van der Waals surface area contributed by atoms with E-state index in [4.69, 9.17) is 34.8 Å². The van der Waals surface area contributed by atoms with Gasteiger partial charge in [0.2, 0.25) is 11.8 Å². The Labute approximate surface area is 238 Å². The van der Waals surface area contributed by atoms with Crippen molar-refractivity contribution >= 4 is 62.3 Å². The van der Waals surface area contributed by atoms with Crippen molar-refractivity contribution in [3.8, 4) is 0 Å². The molecule has 2 amide bonds. The van der Waals surface area contributed by atoms with Crippen LogP contribution in [0.3, 0.4) is 0 Å². The molecule has 0 saturated heterocycles. The maximum Gasteiger partial charge on any atom is 0.264 e. The number of hydrogen-bond acceptors (Lipinski definition) is 4. The van der Waals surface area contributed by atoms with Crippen LogP contribution in [0.15, 0.2) is 77.7 Å². The molecule has 0 radical (unpaired) electrons. The number of amides is 2. The van der Waals surface area contributed by atoms with E-state index in [-0.39, 0.29) is 29.1 Å². The largest absolute Gasteiger partial charge is 0.352 e. The Kier molecular flexibility index (Phi) is 10.1. The zero-order valence-corrected chi connectivity index (χ0v) is 24.2. The van der Waals surface area contributed by atoms with Crippen molar-refractivity contribution in [2.24, 2.45) is 0 Å². The van der Waals surface area contributed by atoms with Crippen LogP contribution in [0, 0.1) is 0 Å². The van der Waals surface area contributed by atoms with Crippen LogP contribution in [-0.4, -0.2) is 43.8 Å². The number of carbonyl (C=O) groups is 2. The quantitative estimate of drug-likeness (QED) is 0.321. The van der Waals surface area contributed by atoms with Gasteiger partial charge in [0, 0.05) is 27.7 Å². The summed E-state index contributed by atoms with van der Waals surface area (Å²) in [6.45, 7) is 4.61. The van der Waals surface area contributed by atoms with Gasteiger partial charge in [-0.2, -0.15) is 0 Å². The molecule has 0 aliphatic rings. The van der Waals surface area contributed by atoms with Crippen molar-refractivity contribution in [2.75, 3.05) is 10.8 Å². The average molecular weight is 597 g/mol. The second kappa shape index (κ2) is 12.8. The number of rotatable bonds is 10. The van der Waals surface area contributed by atoms with Crippen LogP contribution >= 0.6 is 34.8 Å². The third-order valence-electron chi connectivity index (χ3n) is 5.67. The predicted molar refractivity (Wildman–Crippen MR) is 152 cm³/mol. The molecule has 7 nitrogen and oxygen atoms in total. The second-order valence-electron chi connectivity index (χ2n) is 8.90. The molecule has 1 N–H and O–H groups in total. The van der Waals surface area contributed by atoms with E-state index in [0.717, 1.165) is 4.31 Å². The fourth-order valence-corrected chi connectivity index (χ4v) is 5.60. The normalized spacial score (nSPS) is 12.2. The Balaban J connectivity index is 2.04. The molecule has 0 saturated carbocycles. The first-order chi connectivity index (χ1) is 17.9. The van der Waals surface area contributed by atoms with Gasteiger partial charge in [-0.3, -0.25) is 13.9 Å². The first-order valence-electron chi connectivity index (χ1n) is 11.8. The van der Waals surface area contributed by atoms with Gasteiger partial charge in [0.15, 0.2) is 0 Å². The molecule has 11 heteroatoms. The molecule has 0 spiro atoms. The second-order valence-corrected chi connectivity index (χ2v) is 12.0. The molecule has 3 aromatic rings. The lowest BCUT2D eigenvalue weighted by Gasteiger charge is -2.32. The molecule has 3 aromatic carbocycles. The lowest BCUT2D eigenvalue weighted by molar-refractivity contribution is -0.139. The lowest BCUT2D eigenvalue weighted by Crippen LogP contribution is -2.52. The van der Waals surface area contributed by atoms with Crippen LogP contribution in [0.5, 0.6) is 0 Å². The lowest BCUT2D eigenvalue weighted by atomic mass is 10.1. The van der Waals surface area contributed by atoms with Crippen LogP contribution in [-0.2, 0) is 26.2 Å². The van der Waals surface area contributed by atoms with E-state index in [9.17, 15) is 18.0 Å². The highest BCUT2D eigenvalue weighted by Gasteiger charge is 2.33. The Morgan fingerprint density at radius 3 is 2.13 bits per heavy atom. The van der Waals surface area contributed by atoms with E-state index in [1.807, 2.05) is 13.8 Å². The number of anilines is 1. The zero-order valence-electron chi connectivity index (χ0n) is 21.1. The first kappa shape index (κ1) is 29.8.